The van der Waals surface area contributed by atoms with Crippen LogP contribution in [-0.4, -0.2) is 13.4 Å². The van der Waals surface area contributed by atoms with Gasteiger partial charge in [-0.15, -0.1) is 11.3 Å². The van der Waals surface area contributed by atoms with Crippen LogP contribution in [0.3, 0.4) is 0 Å². The number of hydrogen-bond acceptors (Lipinski definition) is 5. The fourth-order valence-corrected chi connectivity index (χ4v) is 3.56. The van der Waals surface area contributed by atoms with Crippen LogP contribution in [0, 0.1) is 6.92 Å². The molecular weight excluding hydrogens is 294 g/mol. The lowest BCUT2D eigenvalue weighted by Crippen LogP contribution is -2.23. The van der Waals surface area contributed by atoms with Crippen molar-refractivity contribution in [2.24, 2.45) is 5.73 Å². The van der Waals surface area contributed by atoms with E-state index in [2.05, 4.69) is 9.71 Å². The number of rotatable bonds is 5. The van der Waals surface area contributed by atoms with Crippen molar-refractivity contribution in [3.63, 3.8) is 0 Å². The monoisotopic (exact) mass is 311 g/mol. The Morgan fingerprint density at radius 1 is 1.45 bits per heavy atom. The third-order valence-corrected chi connectivity index (χ3v) is 5.30. The van der Waals surface area contributed by atoms with Crippen molar-refractivity contribution in [3.05, 3.63) is 45.9 Å². The molecule has 7 heteroatoms. The first-order valence-corrected chi connectivity index (χ1v) is 8.50. The predicted octanol–water partition coefficient (Wildman–Crippen LogP) is 1.95. The zero-order chi connectivity index (χ0) is 14.8. The average molecular weight is 311 g/mol. The molecule has 1 heterocycles. The summed E-state index contributed by atoms with van der Waals surface area (Å²) in [6, 6.07) is 6.48. The van der Waals surface area contributed by atoms with Gasteiger partial charge in [0.15, 0.2) is 0 Å². The lowest BCUT2D eigenvalue weighted by molar-refractivity contribution is 0.581. The second-order valence-electron chi connectivity index (χ2n) is 4.55. The quantitative estimate of drug-likeness (QED) is 0.884. The molecule has 1 aromatic heterocycles. The number of aromatic nitrogens is 1. The van der Waals surface area contributed by atoms with E-state index in [-0.39, 0.29) is 17.5 Å². The number of aryl methyl sites for hydroxylation is 1. The molecule has 0 aliphatic heterocycles. The number of nitrogens with zero attached hydrogens (tertiary/aromatic N) is 1. The summed E-state index contributed by atoms with van der Waals surface area (Å²) < 4.78 is 27.1. The van der Waals surface area contributed by atoms with E-state index in [9.17, 15) is 8.42 Å². The van der Waals surface area contributed by atoms with Gasteiger partial charge >= 0.3 is 0 Å². The van der Waals surface area contributed by atoms with Gasteiger partial charge in [0.25, 0.3) is 0 Å². The van der Waals surface area contributed by atoms with Gasteiger partial charge in [-0.2, -0.15) is 0 Å². The van der Waals surface area contributed by atoms with E-state index in [4.69, 9.17) is 5.73 Å². The van der Waals surface area contributed by atoms with Crippen molar-refractivity contribution < 1.29 is 8.42 Å². The first kappa shape index (κ1) is 15.1. The summed E-state index contributed by atoms with van der Waals surface area (Å²) in [5.41, 5.74) is 9.12. The van der Waals surface area contributed by atoms with E-state index in [1.807, 2.05) is 19.9 Å². The van der Waals surface area contributed by atoms with E-state index in [0.29, 0.717) is 0 Å². The Morgan fingerprint density at radius 3 is 2.80 bits per heavy atom. The highest BCUT2D eigenvalue weighted by Gasteiger charge is 2.15. The number of nitrogens with one attached hydrogen (secondary N) is 1. The van der Waals surface area contributed by atoms with Crippen molar-refractivity contribution in [1.82, 2.24) is 9.71 Å². The molecule has 0 saturated carbocycles. The van der Waals surface area contributed by atoms with Gasteiger partial charge in [0.05, 0.1) is 16.1 Å². The lowest BCUT2D eigenvalue weighted by atomic mass is 10.1. The number of hydrogen-bond donors (Lipinski definition) is 2. The molecule has 1 aromatic carbocycles. The summed E-state index contributed by atoms with van der Waals surface area (Å²) in [7, 11) is -3.54. The van der Waals surface area contributed by atoms with Gasteiger partial charge in [-0.05, 0) is 31.5 Å². The molecule has 0 aliphatic rings. The Balaban J connectivity index is 2.18. The fourth-order valence-electron chi connectivity index (χ4n) is 1.70. The molecule has 1 atom stereocenters. The normalized spacial score (nSPS) is 13.3. The molecular formula is C13H17N3O2S2. The largest absolute Gasteiger partial charge is 0.324 e. The van der Waals surface area contributed by atoms with Gasteiger partial charge < -0.3 is 5.73 Å². The molecule has 0 amide bonds. The SMILES string of the molecule is Cc1ncsc1CNS(=O)(=O)c1cccc(C(C)N)c1. The average Bonchev–Trinajstić information content (AvgIpc) is 2.82. The minimum absolute atomic E-state index is 0.200. The second kappa shape index (κ2) is 6.01. The highest BCUT2D eigenvalue weighted by atomic mass is 32.2. The molecule has 5 nitrogen and oxygen atoms in total. The van der Waals surface area contributed by atoms with Crippen molar-refractivity contribution in [2.75, 3.05) is 0 Å². The maximum Gasteiger partial charge on any atom is 0.240 e. The highest BCUT2D eigenvalue weighted by molar-refractivity contribution is 7.89. The summed E-state index contributed by atoms with van der Waals surface area (Å²) in [6.45, 7) is 3.93. The molecule has 3 N–H and O–H groups in total. The Bertz CT molecular complexity index is 693. The maximum absolute atomic E-state index is 12.2. The Hall–Kier alpha value is -1.28. The van der Waals surface area contributed by atoms with E-state index in [1.54, 1.807) is 23.7 Å². The summed E-state index contributed by atoms with van der Waals surface area (Å²) in [5.74, 6) is 0. The summed E-state index contributed by atoms with van der Waals surface area (Å²) in [5, 5.41) is 0. The standard InChI is InChI=1S/C13H17N3O2S2/c1-9(14)11-4-3-5-12(6-11)20(17,18)16-7-13-10(2)15-8-19-13/h3-6,8-9,16H,7,14H2,1-2H3. The minimum atomic E-state index is -3.54. The number of thiazole rings is 1. The summed E-state index contributed by atoms with van der Waals surface area (Å²) in [4.78, 5) is 5.24. The van der Waals surface area contributed by atoms with Crippen LogP contribution >= 0.6 is 11.3 Å². The van der Waals surface area contributed by atoms with Gasteiger partial charge in [-0.3, -0.25) is 0 Å². The number of benzene rings is 1. The highest BCUT2D eigenvalue weighted by Crippen LogP contribution is 2.17. The van der Waals surface area contributed by atoms with E-state index < -0.39 is 10.0 Å². The molecule has 2 rings (SSSR count). The molecule has 0 fully saturated rings. The molecule has 0 spiro atoms. The Kier molecular flexibility index (Phi) is 4.54. The van der Waals surface area contributed by atoms with Gasteiger partial charge in [-0.25, -0.2) is 18.1 Å². The Labute approximate surface area is 122 Å². The molecule has 0 aliphatic carbocycles. The van der Waals surface area contributed by atoms with Crippen LogP contribution in [0.4, 0.5) is 0 Å². The van der Waals surface area contributed by atoms with Gasteiger partial charge in [0.1, 0.15) is 0 Å². The summed E-state index contributed by atoms with van der Waals surface area (Å²) >= 11 is 1.44. The van der Waals surface area contributed by atoms with Crippen LogP contribution in [0.2, 0.25) is 0 Å². The van der Waals surface area contributed by atoms with Crippen LogP contribution in [-0.2, 0) is 16.6 Å². The molecule has 20 heavy (non-hydrogen) atoms. The number of nitrogens with two attached hydrogens (primary N) is 1. The van der Waals surface area contributed by atoms with Crippen LogP contribution < -0.4 is 10.5 Å². The van der Waals surface area contributed by atoms with Crippen molar-refractivity contribution >= 4 is 21.4 Å². The predicted molar refractivity (Wildman–Crippen MR) is 79.9 cm³/mol. The number of sulfonamides is 1. The van der Waals surface area contributed by atoms with Gasteiger partial charge in [0, 0.05) is 17.5 Å². The third-order valence-electron chi connectivity index (χ3n) is 2.96. The second-order valence-corrected chi connectivity index (χ2v) is 7.25. The first-order chi connectivity index (χ1) is 9.40. The lowest BCUT2D eigenvalue weighted by Gasteiger charge is -2.10. The van der Waals surface area contributed by atoms with Crippen molar-refractivity contribution in [1.29, 1.82) is 0 Å². The molecule has 0 bridgehead atoms. The topological polar surface area (TPSA) is 85.1 Å². The van der Waals surface area contributed by atoms with Crippen LogP contribution in [0.1, 0.15) is 29.1 Å². The first-order valence-electron chi connectivity index (χ1n) is 6.14. The van der Waals surface area contributed by atoms with Crippen LogP contribution in [0.25, 0.3) is 0 Å². The maximum atomic E-state index is 12.2. The molecule has 0 radical (unpaired) electrons. The zero-order valence-electron chi connectivity index (χ0n) is 11.3. The van der Waals surface area contributed by atoms with Crippen LogP contribution in [0.5, 0.6) is 0 Å². The van der Waals surface area contributed by atoms with Gasteiger partial charge in [-0.1, -0.05) is 12.1 Å². The molecule has 2 aromatic rings. The smallest absolute Gasteiger partial charge is 0.240 e. The van der Waals surface area contributed by atoms with Crippen LogP contribution in [0.15, 0.2) is 34.7 Å². The van der Waals surface area contributed by atoms with Crippen molar-refractivity contribution in [2.45, 2.75) is 31.3 Å². The molecule has 1 unspecified atom stereocenters. The van der Waals surface area contributed by atoms with E-state index in [0.717, 1.165) is 16.1 Å². The van der Waals surface area contributed by atoms with Gasteiger partial charge in [0.2, 0.25) is 10.0 Å². The molecule has 0 saturated heterocycles. The Morgan fingerprint density at radius 2 is 2.20 bits per heavy atom. The third kappa shape index (κ3) is 3.43. The van der Waals surface area contributed by atoms with E-state index in [1.165, 1.54) is 11.3 Å². The van der Waals surface area contributed by atoms with Crippen molar-refractivity contribution in [3.8, 4) is 0 Å². The zero-order valence-corrected chi connectivity index (χ0v) is 13.0. The van der Waals surface area contributed by atoms with E-state index >= 15 is 0 Å². The fraction of sp³-hybridized carbons (Fsp3) is 0.308. The molecule has 108 valence electrons. The summed E-state index contributed by atoms with van der Waals surface area (Å²) in [6.07, 6.45) is 0. The minimum Gasteiger partial charge on any atom is -0.324 e.